The van der Waals surface area contributed by atoms with Gasteiger partial charge in [-0.05, 0) is 19.3 Å². The molecule has 6 N–H and O–H groups in total. The number of ether oxygens (including phenoxy) is 2. The van der Waals surface area contributed by atoms with E-state index in [0.29, 0.717) is 6.42 Å². The lowest BCUT2D eigenvalue weighted by atomic mass is 9.99. The van der Waals surface area contributed by atoms with Gasteiger partial charge in [0.05, 0.1) is 25.4 Å². The van der Waals surface area contributed by atoms with Gasteiger partial charge >= 0.3 is 0 Å². The Hall–Kier alpha value is -1.07. The van der Waals surface area contributed by atoms with Gasteiger partial charge < -0.3 is 40.3 Å². The molecule has 9 nitrogen and oxygen atoms in total. The number of allylic oxidation sites excluding steroid dienone is 1. The number of aliphatic hydroxyl groups excluding tert-OH is 5. The minimum absolute atomic E-state index is 0.169. The van der Waals surface area contributed by atoms with Crippen LogP contribution in [0.2, 0.25) is 0 Å². The second kappa shape index (κ2) is 55.3. The maximum atomic E-state index is 13.1. The first-order valence-corrected chi connectivity index (χ1v) is 32.9. The average molecular weight is 1050 g/mol. The fraction of sp³-hybridized carbons (Fsp3) is 0.954. The van der Waals surface area contributed by atoms with Crippen LogP contribution in [0.1, 0.15) is 341 Å². The van der Waals surface area contributed by atoms with Crippen LogP contribution in [0.3, 0.4) is 0 Å². The van der Waals surface area contributed by atoms with Crippen molar-refractivity contribution in [3.05, 3.63) is 12.2 Å². The predicted molar refractivity (Wildman–Crippen MR) is 314 cm³/mol. The van der Waals surface area contributed by atoms with E-state index in [1.165, 1.54) is 283 Å². The van der Waals surface area contributed by atoms with Crippen molar-refractivity contribution in [2.24, 2.45) is 0 Å². The summed E-state index contributed by atoms with van der Waals surface area (Å²) in [5.41, 5.74) is 0. The average Bonchev–Trinajstić information content (AvgIpc) is 3.40. The van der Waals surface area contributed by atoms with E-state index in [4.69, 9.17) is 9.47 Å². The summed E-state index contributed by atoms with van der Waals surface area (Å²) in [6.45, 7) is 3.83. The van der Waals surface area contributed by atoms with E-state index < -0.39 is 49.5 Å². The fourth-order valence-electron chi connectivity index (χ4n) is 10.9. The molecule has 0 aromatic rings. The molecular weight excluding hydrogens is 923 g/mol. The third kappa shape index (κ3) is 43.9. The van der Waals surface area contributed by atoms with Crippen molar-refractivity contribution < 1.29 is 39.8 Å². The van der Waals surface area contributed by atoms with Crippen molar-refractivity contribution in [2.45, 2.75) is 384 Å². The summed E-state index contributed by atoms with van der Waals surface area (Å²) < 4.78 is 11.3. The normalized spacial score (nSPS) is 18.9. The van der Waals surface area contributed by atoms with E-state index >= 15 is 0 Å². The second-order valence-electron chi connectivity index (χ2n) is 23.3. The highest BCUT2D eigenvalue weighted by Gasteiger charge is 2.44. The van der Waals surface area contributed by atoms with Gasteiger partial charge in [0.2, 0.25) is 5.91 Å². The first-order chi connectivity index (χ1) is 36.3. The Kier molecular flexibility index (Phi) is 53.0. The summed E-state index contributed by atoms with van der Waals surface area (Å²) in [6.07, 6.45) is 63.2. The van der Waals surface area contributed by atoms with Crippen LogP contribution in [-0.4, -0.2) is 87.5 Å². The topological polar surface area (TPSA) is 149 Å². The molecule has 0 saturated carbocycles. The summed E-state index contributed by atoms with van der Waals surface area (Å²) >= 11 is 0. The zero-order valence-corrected chi connectivity index (χ0v) is 49.1. The summed E-state index contributed by atoms with van der Waals surface area (Å²) in [5.74, 6) is -0.169. The zero-order valence-electron chi connectivity index (χ0n) is 49.1. The molecule has 0 aliphatic carbocycles. The molecule has 0 bridgehead atoms. The molecule has 1 heterocycles. The molecule has 1 saturated heterocycles. The number of aliphatic hydroxyl groups is 5. The van der Waals surface area contributed by atoms with Crippen molar-refractivity contribution in [3.8, 4) is 0 Å². The second-order valence-corrected chi connectivity index (χ2v) is 23.3. The van der Waals surface area contributed by atoms with Crippen molar-refractivity contribution >= 4 is 5.91 Å². The Balaban J connectivity index is 2.06. The molecule has 1 fully saturated rings. The van der Waals surface area contributed by atoms with Crippen LogP contribution >= 0.6 is 0 Å². The van der Waals surface area contributed by atoms with Crippen LogP contribution in [0, 0.1) is 0 Å². The Morgan fingerprint density at radius 3 is 1.05 bits per heavy atom. The van der Waals surface area contributed by atoms with E-state index in [-0.39, 0.29) is 12.5 Å². The number of carbonyl (C=O) groups excluding carboxylic acids is 1. The van der Waals surface area contributed by atoms with E-state index in [2.05, 4.69) is 19.2 Å². The van der Waals surface area contributed by atoms with E-state index in [1.54, 1.807) is 6.08 Å². The predicted octanol–water partition coefficient (Wildman–Crippen LogP) is 17.1. The summed E-state index contributed by atoms with van der Waals surface area (Å²) in [5, 5.41) is 54.6. The van der Waals surface area contributed by atoms with E-state index in [1.807, 2.05) is 6.08 Å². The molecule has 0 spiro atoms. The third-order valence-electron chi connectivity index (χ3n) is 16.1. The number of hydrogen-bond donors (Lipinski definition) is 6. The third-order valence-corrected chi connectivity index (χ3v) is 16.1. The minimum atomic E-state index is -1.56. The number of unbranched alkanes of at least 4 members (excludes halogenated alkanes) is 48. The van der Waals surface area contributed by atoms with Gasteiger partial charge in [-0.15, -0.1) is 0 Å². The Morgan fingerprint density at radius 2 is 0.743 bits per heavy atom. The van der Waals surface area contributed by atoms with Crippen molar-refractivity contribution in [3.63, 3.8) is 0 Å². The van der Waals surface area contributed by atoms with Crippen molar-refractivity contribution in [1.29, 1.82) is 0 Å². The molecule has 0 aromatic heterocycles. The number of rotatable bonds is 58. The Morgan fingerprint density at radius 1 is 0.446 bits per heavy atom. The van der Waals surface area contributed by atoms with Gasteiger partial charge in [0, 0.05) is 6.42 Å². The van der Waals surface area contributed by atoms with E-state index in [9.17, 15) is 30.3 Å². The highest BCUT2D eigenvalue weighted by molar-refractivity contribution is 5.76. The molecule has 9 heteroatoms. The van der Waals surface area contributed by atoms with Gasteiger partial charge in [0.1, 0.15) is 24.4 Å². The highest BCUT2D eigenvalue weighted by atomic mass is 16.7. The molecule has 74 heavy (non-hydrogen) atoms. The molecule has 440 valence electrons. The molecule has 0 radical (unpaired) electrons. The van der Waals surface area contributed by atoms with Gasteiger partial charge in [0.15, 0.2) is 6.29 Å². The van der Waals surface area contributed by atoms with Gasteiger partial charge in [-0.3, -0.25) is 4.79 Å². The van der Waals surface area contributed by atoms with Crippen LogP contribution in [0.15, 0.2) is 12.2 Å². The molecule has 0 aromatic carbocycles. The van der Waals surface area contributed by atoms with Crippen LogP contribution < -0.4 is 5.32 Å². The molecular formula is C65H127NO8. The summed E-state index contributed by atoms with van der Waals surface area (Å²) in [6, 6.07) is -0.800. The SMILES string of the molecule is CCCCCCCCCCCCCCCC/C=C/[C@@H](O)[C@H](CO[C@@H]1O[C@H](CO)[C@@H](O)C(O)C1O)NC(=O)CCCCCCCCCCCCCCCCCCCCCCCCCCCCCCCCCCCCC. The number of amides is 1. The minimum Gasteiger partial charge on any atom is -0.394 e. The Labute approximate surface area is 458 Å². The maximum Gasteiger partial charge on any atom is 0.220 e. The molecule has 7 atom stereocenters. The number of hydrogen-bond acceptors (Lipinski definition) is 8. The fourth-order valence-corrected chi connectivity index (χ4v) is 10.9. The smallest absolute Gasteiger partial charge is 0.220 e. The van der Waals surface area contributed by atoms with E-state index in [0.717, 1.165) is 38.5 Å². The summed E-state index contributed by atoms with van der Waals surface area (Å²) in [4.78, 5) is 13.1. The van der Waals surface area contributed by atoms with Crippen LogP contribution in [0.4, 0.5) is 0 Å². The monoisotopic (exact) mass is 1050 g/mol. The van der Waals surface area contributed by atoms with Gasteiger partial charge in [-0.25, -0.2) is 0 Å². The first-order valence-electron chi connectivity index (χ1n) is 32.9. The van der Waals surface area contributed by atoms with Crippen LogP contribution in [-0.2, 0) is 14.3 Å². The van der Waals surface area contributed by atoms with Crippen molar-refractivity contribution in [2.75, 3.05) is 13.2 Å². The lowest BCUT2D eigenvalue weighted by Gasteiger charge is -2.40. The molecule has 2 unspecified atom stereocenters. The number of nitrogens with one attached hydrogen (secondary N) is 1. The zero-order chi connectivity index (χ0) is 53.6. The van der Waals surface area contributed by atoms with Gasteiger partial charge in [-0.2, -0.15) is 0 Å². The largest absolute Gasteiger partial charge is 0.394 e. The maximum absolute atomic E-state index is 13.1. The highest BCUT2D eigenvalue weighted by Crippen LogP contribution is 2.23. The van der Waals surface area contributed by atoms with Crippen molar-refractivity contribution in [1.82, 2.24) is 5.32 Å². The lowest BCUT2D eigenvalue weighted by Crippen LogP contribution is -2.60. The summed E-state index contributed by atoms with van der Waals surface area (Å²) in [7, 11) is 0. The molecule has 1 aliphatic rings. The standard InChI is InChI=1S/C65H127NO8/c1-3-5-7-9-11-13-15-17-19-21-22-23-24-25-26-27-28-29-30-31-32-33-34-35-36-37-38-39-41-43-45-47-49-51-53-55-61(69)66-58(57-73-65-64(72)63(71)62(70)60(56-67)74-65)59(68)54-52-50-48-46-44-42-40-20-18-16-14-12-10-8-6-4-2/h52,54,58-60,62-65,67-68,70-72H,3-51,53,55-57H2,1-2H3,(H,66,69)/b54-52+/t58-,59+,60+,62+,63?,64?,65+/m0/s1. The van der Waals surface area contributed by atoms with Crippen LogP contribution in [0.25, 0.3) is 0 Å². The van der Waals surface area contributed by atoms with Gasteiger partial charge in [0.25, 0.3) is 0 Å². The molecule has 1 aliphatic heterocycles. The van der Waals surface area contributed by atoms with Gasteiger partial charge in [-0.1, -0.05) is 328 Å². The quantitative estimate of drug-likeness (QED) is 0.0261. The Bertz CT molecular complexity index is 1170. The lowest BCUT2D eigenvalue weighted by molar-refractivity contribution is -0.302. The number of carbonyl (C=O) groups is 1. The molecule has 1 amide bonds. The molecule has 1 rings (SSSR count). The first kappa shape index (κ1) is 70.9. The van der Waals surface area contributed by atoms with Crippen LogP contribution in [0.5, 0.6) is 0 Å².